The molecule has 0 bridgehead atoms. The van der Waals surface area contributed by atoms with Crippen LogP contribution in [0.2, 0.25) is 0 Å². The van der Waals surface area contributed by atoms with Crippen LogP contribution in [0, 0.1) is 11.3 Å². The molecule has 1 aliphatic rings. The Hall–Kier alpha value is -1.86. The molecule has 3 rings (SSSR count). The summed E-state index contributed by atoms with van der Waals surface area (Å²) in [6.45, 7) is 0. The Labute approximate surface area is 110 Å². The molecule has 0 aliphatic heterocycles. The van der Waals surface area contributed by atoms with Crippen molar-refractivity contribution in [1.82, 2.24) is 4.98 Å². The number of hydrogen-bond donors (Lipinski definition) is 0. The van der Waals surface area contributed by atoms with Crippen LogP contribution in [-0.2, 0) is 12.8 Å². The van der Waals surface area contributed by atoms with Crippen LogP contribution in [0.25, 0.3) is 0 Å². The number of nitriles is 1. The number of fused-ring (bicyclic) bond motifs is 1. The molecular formula is C14H13N3S. The van der Waals surface area contributed by atoms with Crippen molar-refractivity contribution in [1.29, 1.82) is 5.26 Å². The average Bonchev–Trinajstić information content (AvgIpc) is 3.05. The standard InChI is InChI=1S/C14H13N3S/c1-17(14-16-9-13(8-15)18-14)12-6-5-10-3-2-4-11(10)7-12/h5-7,9H,2-4H2,1H3. The van der Waals surface area contributed by atoms with Gasteiger partial charge in [0.15, 0.2) is 5.13 Å². The summed E-state index contributed by atoms with van der Waals surface area (Å²) in [7, 11) is 2.00. The van der Waals surface area contributed by atoms with Gasteiger partial charge >= 0.3 is 0 Å². The predicted molar refractivity (Wildman–Crippen MR) is 73.4 cm³/mol. The van der Waals surface area contributed by atoms with Crippen LogP contribution >= 0.6 is 11.3 Å². The lowest BCUT2D eigenvalue weighted by atomic mass is 10.1. The van der Waals surface area contributed by atoms with Gasteiger partial charge in [-0.05, 0) is 42.5 Å². The molecule has 0 amide bonds. The Morgan fingerprint density at radius 3 is 2.94 bits per heavy atom. The molecule has 0 radical (unpaired) electrons. The Morgan fingerprint density at radius 2 is 2.17 bits per heavy atom. The number of rotatable bonds is 2. The number of benzene rings is 1. The third-order valence-electron chi connectivity index (χ3n) is 3.36. The van der Waals surface area contributed by atoms with Gasteiger partial charge in [0, 0.05) is 12.7 Å². The molecule has 1 aromatic heterocycles. The van der Waals surface area contributed by atoms with E-state index in [0.717, 1.165) is 10.8 Å². The molecule has 0 saturated heterocycles. The summed E-state index contributed by atoms with van der Waals surface area (Å²) in [5, 5.41) is 9.70. The zero-order valence-electron chi connectivity index (χ0n) is 10.2. The van der Waals surface area contributed by atoms with Crippen LogP contribution in [0.1, 0.15) is 22.4 Å². The highest BCUT2D eigenvalue weighted by Crippen LogP contribution is 2.31. The third-order valence-corrected chi connectivity index (χ3v) is 4.34. The van der Waals surface area contributed by atoms with Crippen molar-refractivity contribution >= 4 is 22.2 Å². The average molecular weight is 255 g/mol. The maximum atomic E-state index is 8.83. The second-order valence-electron chi connectivity index (χ2n) is 4.48. The Balaban J connectivity index is 1.92. The fraction of sp³-hybridized carbons (Fsp3) is 0.286. The molecule has 0 unspecified atom stereocenters. The fourth-order valence-electron chi connectivity index (χ4n) is 2.35. The number of nitrogens with zero attached hydrogens (tertiary/aromatic N) is 3. The van der Waals surface area contributed by atoms with Gasteiger partial charge in [-0.15, -0.1) is 0 Å². The topological polar surface area (TPSA) is 39.9 Å². The van der Waals surface area contributed by atoms with Gasteiger partial charge in [0.1, 0.15) is 10.9 Å². The minimum absolute atomic E-state index is 0.651. The van der Waals surface area contributed by atoms with Crippen molar-refractivity contribution in [2.24, 2.45) is 0 Å². The lowest BCUT2D eigenvalue weighted by Gasteiger charge is -2.16. The van der Waals surface area contributed by atoms with Gasteiger partial charge in [0.25, 0.3) is 0 Å². The first-order valence-corrected chi connectivity index (χ1v) is 6.81. The summed E-state index contributed by atoms with van der Waals surface area (Å²) in [6.07, 6.45) is 5.27. The third kappa shape index (κ3) is 1.87. The quantitative estimate of drug-likeness (QED) is 0.826. The molecule has 18 heavy (non-hydrogen) atoms. The fourth-order valence-corrected chi connectivity index (χ4v) is 3.04. The highest BCUT2D eigenvalue weighted by molar-refractivity contribution is 7.16. The smallest absolute Gasteiger partial charge is 0.190 e. The zero-order chi connectivity index (χ0) is 12.5. The van der Waals surface area contributed by atoms with Crippen LogP contribution in [0.3, 0.4) is 0 Å². The molecule has 1 heterocycles. The molecule has 4 heteroatoms. The first-order chi connectivity index (χ1) is 8.78. The van der Waals surface area contributed by atoms with Gasteiger partial charge < -0.3 is 4.90 Å². The summed E-state index contributed by atoms with van der Waals surface area (Å²) in [6, 6.07) is 8.72. The number of aromatic nitrogens is 1. The number of aryl methyl sites for hydroxylation is 2. The monoisotopic (exact) mass is 255 g/mol. The van der Waals surface area contributed by atoms with E-state index in [9.17, 15) is 0 Å². The van der Waals surface area contributed by atoms with Crippen molar-refractivity contribution in [2.75, 3.05) is 11.9 Å². The molecule has 0 saturated carbocycles. The van der Waals surface area contributed by atoms with Gasteiger partial charge in [0.05, 0.1) is 6.20 Å². The molecular weight excluding hydrogens is 242 g/mol. The molecule has 0 spiro atoms. The van der Waals surface area contributed by atoms with Crippen LogP contribution in [0.5, 0.6) is 0 Å². The summed E-state index contributed by atoms with van der Waals surface area (Å²) in [5.74, 6) is 0. The van der Waals surface area contributed by atoms with Gasteiger partial charge in [0.2, 0.25) is 0 Å². The van der Waals surface area contributed by atoms with Crippen LogP contribution in [-0.4, -0.2) is 12.0 Å². The normalized spacial score (nSPS) is 13.1. The zero-order valence-corrected chi connectivity index (χ0v) is 11.0. The van der Waals surface area contributed by atoms with Gasteiger partial charge in [-0.1, -0.05) is 17.4 Å². The van der Waals surface area contributed by atoms with Crippen LogP contribution < -0.4 is 4.90 Å². The minimum atomic E-state index is 0.651. The lowest BCUT2D eigenvalue weighted by molar-refractivity contribution is 0.911. The van der Waals surface area contributed by atoms with E-state index < -0.39 is 0 Å². The van der Waals surface area contributed by atoms with E-state index in [0.29, 0.717) is 4.88 Å². The molecule has 0 fully saturated rings. The van der Waals surface area contributed by atoms with E-state index in [2.05, 4.69) is 29.3 Å². The molecule has 1 aromatic carbocycles. The van der Waals surface area contributed by atoms with Crippen molar-refractivity contribution in [3.8, 4) is 6.07 Å². The highest BCUT2D eigenvalue weighted by Gasteiger charge is 2.14. The molecule has 90 valence electrons. The van der Waals surface area contributed by atoms with E-state index in [1.807, 2.05) is 11.9 Å². The molecule has 1 aliphatic carbocycles. The second kappa shape index (κ2) is 4.43. The molecule has 3 nitrogen and oxygen atoms in total. The minimum Gasteiger partial charge on any atom is -0.321 e. The molecule has 0 N–H and O–H groups in total. The lowest BCUT2D eigenvalue weighted by Crippen LogP contribution is -2.09. The van der Waals surface area contributed by atoms with E-state index >= 15 is 0 Å². The summed E-state index contributed by atoms with van der Waals surface area (Å²) >= 11 is 1.42. The van der Waals surface area contributed by atoms with Crippen molar-refractivity contribution < 1.29 is 0 Å². The summed E-state index contributed by atoms with van der Waals surface area (Å²) < 4.78 is 0. The number of hydrogen-bond acceptors (Lipinski definition) is 4. The number of thiazole rings is 1. The van der Waals surface area contributed by atoms with Crippen LogP contribution in [0.15, 0.2) is 24.4 Å². The highest BCUT2D eigenvalue weighted by atomic mass is 32.1. The second-order valence-corrected chi connectivity index (χ2v) is 5.49. The maximum absolute atomic E-state index is 8.83. The SMILES string of the molecule is CN(c1ccc2c(c1)CCC2)c1ncc(C#N)s1. The van der Waals surface area contributed by atoms with Crippen molar-refractivity contribution in [3.05, 3.63) is 40.4 Å². The number of anilines is 2. The van der Waals surface area contributed by atoms with E-state index in [-0.39, 0.29) is 0 Å². The Bertz CT molecular complexity index is 624. The van der Waals surface area contributed by atoms with Gasteiger partial charge in [-0.2, -0.15) is 5.26 Å². The molecule has 2 aromatic rings. The first kappa shape index (κ1) is 11.2. The van der Waals surface area contributed by atoms with Crippen molar-refractivity contribution in [3.63, 3.8) is 0 Å². The predicted octanol–water partition coefficient (Wildman–Crippen LogP) is 3.27. The van der Waals surface area contributed by atoms with Gasteiger partial charge in [-0.3, -0.25) is 0 Å². The van der Waals surface area contributed by atoms with Crippen LogP contribution in [0.4, 0.5) is 10.8 Å². The largest absolute Gasteiger partial charge is 0.321 e. The van der Waals surface area contributed by atoms with E-state index in [4.69, 9.17) is 5.26 Å². The summed E-state index contributed by atoms with van der Waals surface area (Å²) in [4.78, 5) is 6.98. The van der Waals surface area contributed by atoms with Crippen molar-refractivity contribution in [2.45, 2.75) is 19.3 Å². The first-order valence-electron chi connectivity index (χ1n) is 5.99. The Morgan fingerprint density at radius 1 is 1.33 bits per heavy atom. The van der Waals surface area contributed by atoms with E-state index in [1.165, 1.54) is 41.7 Å². The summed E-state index contributed by atoms with van der Waals surface area (Å²) in [5.41, 5.74) is 4.08. The van der Waals surface area contributed by atoms with Gasteiger partial charge in [-0.25, -0.2) is 4.98 Å². The molecule has 0 atom stereocenters. The van der Waals surface area contributed by atoms with E-state index in [1.54, 1.807) is 6.20 Å². The Kier molecular flexibility index (Phi) is 2.77. The maximum Gasteiger partial charge on any atom is 0.190 e.